The minimum Gasteiger partial charge on any atom is -0.370 e. The van der Waals surface area contributed by atoms with E-state index in [4.69, 9.17) is 0 Å². The molecule has 2 aliphatic carbocycles. The summed E-state index contributed by atoms with van der Waals surface area (Å²) in [6, 6.07) is 2.67. The van der Waals surface area contributed by atoms with Crippen LogP contribution in [0.3, 0.4) is 0 Å². The van der Waals surface area contributed by atoms with Gasteiger partial charge in [-0.2, -0.15) is 0 Å². The van der Waals surface area contributed by atoms with E-state index in [1.54, 1.807) is 0 Å². The van der Waals surface area contributed by atoms with Crippen LogP contribution in [0.5, 0.6) is 0 Å². The molecule has 16 heavy (non-hydrogen) atoms. The fourth-order valence-electron chi connectivity index (χ4n) is 1.77. The molecule has 2 fully saturated rings. The van der Waals surface area contributed by atoms with E-state index in [1.165, 1.54) is 25.7 Å². The third-order valence-corrected chi connectivity index (χ3v) is 2.97. The smallest absolute Gasteiger partial charge is 0.136 e. The Labute approximate surface area is 95.9 Å². The Morgan fingerprint density at radius 3 is 2.56 bits per heavy atom. The average Bonchev–Trinajstić information content (AvgIpc) is 3.13. The predicted octanol–water partition coefficient (Wildman–Crippen LogP) is 2.36. The van der Waals surface area contributed by atoms with Gasteiger partial charge in [-0.25, -0.2) is 9.97 Å². The van der Waals surface area contributed by atoms with Gasteiger partial charge in [-0.3, -0.25) is 0 Å². The van der Waals surface area contributed by atoms with Crippen molar-refractivity contribution in [2.24, 2.45) is 0 Å². The minimum absolute atomic E-state index is 0.610. The Balaban J connectivity index is 1.83. The Morgan fingerprint density at radius 2 is 1.94 bits per heavy atom. The van der Waals surface area contributed by atoms with Gasteiger partial charge in [0.25, 0.3) is 0 Å². The van der Waals surface area contributed by atoms with E-state index in [-0.39, 0.29) is 0 Å². The zero-order valence-corrected chi connectivity index (χ0v) is 9.66. The van der Waals surface area contributed by atoms with Crippen molar-refractivity contribution in [3.8, 4) is 0 Å². The third-order valence-electron chi connectivity index (χ3n) is 2.97. The Morgan fingerprint density at radius 1 is 1.19 bits per heavy atom. The second-order valence-corrected chi connectivity index (χ2v) is 4.72. The molecule has 2 saturated carbocycles. The molecule has 2 aliphatic rings. The molecule has 0 atom stereocenters. The molecule has 86 valence electrons. The molecule has 4 heteroatoms. The lowest BCUT2D eigenvalue weighted by Gasteiger charge is -2.09. The fraction of sp³-hybridized carbons (Fsp3) is 0.667. The highest BCUT2D eigenvalue weighted by atomic mass is 15.1. The highest BCUT2D eigenvalue weighted by Crippen LogP contribution is 2.39. The molecule has 1 aromatic heterocycles. The number of anilines is 2. The molecule has 1 aromatic rings. The zero-order valence-electron chi connectivity index (χ0n) is 9.66. The molecule has 1 heterocycles. The van der Waals surface area contributed by atoms with Crippen LogP contribution in [0.2, 0.25) is 0 Å². The van der Waals surface area contributed by atoms with E-state index < -0.39 is 0 Å². The summed E-state index contributed by atoms with van der Waals surface area (Å²) in [5.74, 6) is 3.58. The van der Waals surface area contributed by atoms with Gasteiger partial charge in [-0.1, -0.05) is 0 Å². The molecule has 0 bridgehead atoms. The van der Waals surface area contributed by atoms with Crippen molar-refractivity contribution in [3.05, 3.63) is 11.9 Å². The normalized spacial score (nSPS) is 19.6. The molecular weight excluding hydrogens is 200 g/mol. The van der Waals surface area contributed by atoms with Crippen LogP contribution in [0.4, 0.5) is 11.6 Å². The molecule has 0 unspecified atom stereocenters. The topological polar surface area (TPSA) is 49.8 Å². The van der Waals surface area contributed by atoms with Crippen molar-refractivity contribution in [2.75, 3.05) is 17.2 Å². The summed E-state index contributed by atoms with van der Waals surface area (Å²) in [5.41, 5.74) is 0. The van der Waals surface area contributed by atoms with Crippen molar-refractivity contribution >= 4 is 11.6 Å². The highest BCUT2D eigenvalue weighted by molar-refractivity contribution is 5.49. The van der Waals surface area contributed by atoms with Gasteiger partial charge in [-0.15, -0.1) is 0 Å². The van der Waals surface area contributed by atoms with Crippen molar-refractivity contribution < 1.29 is 0 Å². The van der Waals surface area contributed by atoms with Gasteiger partial charge in [0.2, 0.25) is 0 Å². The van der Waals surface area contributed by atoms with Gasteiger partial charge in [0, 0.05) is 24.6 Å². The summed E-state index contributed by atoms with van der Waals surface area (Å²) in [5, 5.41) is 6.72. The van der Waals surface area contributed by atoms with E-state index in [2.05, 4.69) is 27.5 Å². The van der Waals surface area contributed by atoms with E-state index in [0.717, 1.165) is 24.0 Å². The van der Waals surface area contributed by atoms with Gasteiger partial charge in [-0.05, 0) is 32.6 Å². The fourth-order valence-corrected chi connectivity index (χ4v) is 1.77. The van der Waals surface area contributed by atoms with Gasteiger partial charge in [0.05, 0.1) is 0 Å². The van der Waals surface area contributed by atoms with E-state index in [9.17, 15) is 0 Å². The molecule has 0 aromatic carbocycles. The lowest BCUT2D eigenvalue weighted by atomic mass is 10.3. The quantitative estimate of drug-likeness (QED) is 0.796. The Bertz CT molecular complexity index is 383. The molecule has 2 N–H and O–H groups in total. The van der Waals surface area contributed by atoms with Crippen LogP contribution in [0, 0.1) is 0 Å². The molecule has 4 nitrogen and oxygen atoms in total. The first-order chi connectivity index (χ1) is 7.85. The van der Waals surface area contributed by atoms with Crippen molar-refractivity contribution in [1.29, 1.82) is 0 Å². The van der Waals surface area contributed by atoms with Crippen LogP contribution < -0.4 is 10.6 Å². The van der Waals surface area contributed by atoms with Gasteiger partial charge in [0.15, 0.2) is 0 Å². The molecule has 0 amide bonds. The highest BCUT2D eigenvalue weighted by Gasteiger charge is 2.28. The number of nitrogens with zero attached hydrogens (tertiary/aromatic N) is 2. The van der Waals surface area contributed by atoms with E-state index >= 15 is 0 Å². The number of nitrogens with one attached hydrogen (secondary N) is 2. The SMILES string of the molecule is CCNc1cc(NC2CC2)nc(C2CC2)n1. The van der Waals surface area contributed by atoms with Crippen LogP contribution in [-0.4, -0.2) is 22.6 Å². The first kappa shape index (κ1) is 9.87. The molecule has 0 aliphatic heterocycles. The summed E-state index contributed by atoms with van der Waals surface area (Å²) in [4.78, 5) is 9.15. The summed E-state index contributed by atoms with van der Waals surface area (Å²) in [6.45, 7) is 3.00. The third kappa shape index (κ3) is 2.26. The predicted molar refractivity (Wildman–Crippen MR) is 64.8 cm³/mol. The number of hydrogen-bond donors (Lipinski definition) is 2. The Hall–Kier alpha value is -1.32. The summed E-state index contributed by atoms with van der Waals surface area (Å²) in [6.07, 6.45) is 5.05. The number of hydrogen-bond acceptors (Lipinski definition) is 4. The van der Waals surface area contributed by atoms with E-state index in [0.29, 0.717) is 12.0 Å². The lowest BCUT2D eigenvalue weighted by molar-refractivity contribution is 0.918. The van der Waals surface area contributed by atoms with Gasteiger partial charge in [0.1, 0.15) is 17.5 Å². The summed E-state index contributed by atoms with van der Waals surface area (Å²) < 4.78 is 0. The number of aromatic nitrogens is 2. The molecule has 0 spiro atoms. The minimum atomic E-state index is 0.610. The van der Waals surface area contributed by atoms with Crippen LogP contribution in [0.1, 0.15) is 44.3 Å². The second kappa shape index (κ2) is 3.92. The molecule has 3 rings (SSSR count). The standard InChI is InChI=1S/C12H18N4/c1-2-13-10-7-11(14-9-5-6-9)16-12(15-10)8-3-4-8/h7-9H,2-6H2,1H3,(H2,13,14,15,16). The van der Waals surface area contributed by atoms with Crippen LogP contribution in [0.15, 0.2) is 6.07 Å². The van der Waals surface area contributed by atoms with E-state index in [1.807, 2.05) is 6.07 Å². The maximum absolute atomic E-state index is 4.60. The molecule has 0 saturated heterocycles. The first-order valence-electron chi connectivity index (χ1n) is 6.24. The van der Waals surface area contributed by atoms with Gasteiger partial charge >= 0.3 is 0 Å². The van der Waals surface area contributed by atoms with Crippen molar-refractivity contribution in [3.63, 3.8) is 0 Å². The Kier molecular flexibility index (Phi) is 2.42. The van der Waals surface area contributed by atoms with Gasteiger partial charge < -0.3 is 10.6 Å². The summed E-state index contributed by atoms with van der Waals surface area (Å²) >= 11 is 0. The molecule has 0 radical (unpaired) electrons. The largest absolute Gasteiger partial charge is 0.370 e. The second-order valence-electron chi connectivity index (χ2n) is 4.72. The van der Waals surface area contributed by atoms with Crippen LogP contribution in [0.25, 0.3) is 0 Å². The van der Waals surface area contributed by atoms with Crippen molar-refractivity contribution in [2.45, 2.75) is 44.6 Å². The molecular formula is C12H18N4. The zero-order chi connectivity index (χ0) is 11.0. The summed E-state index contributed by atoms with van der Waals surface area (Å²) in [7, 11) is 0. The van der Waals surface area contributed by atoms with Crippen molar-refractivity contribution in [1.82, 2.24) is 9.97 Å². The first-order valence-corrected chi connectivity index (χ1v) is 6.24. The number of rotatable bonds is 5. The van der Waals surface area contributed by atoms with Crippen LogP contribution >= 0.6 is 0 Å². The maximum Gasteiger partial charge on any atom is 0.136 e. The van der Waals surface area contributed by atoms with Crippen LogP contribution in [-0.2, 0) is 0 Å². The average molecular weight is 218 g/mol. The maximum atomic E-state index is 4.60. The monoisotopic (exact) mass is 218 g/mol. The lowest BCUT2D eigenvalue weighted by Crippen LogP contribution is -2.08.